The molecule has 0 saturated carbocycles. The number of unbranched alkanes of at least 4 members (excludes halogenated alkanes) is 10. The first-order valence-corrected chi connectivity index (χ1v) is 20.5. The van der Waals surface area contributed by atoms with Gasteiger partial charge in [0.2, 0.25) is 0 Å². The van der Waals surface area contributed by atoms with Gasteiger partial charge in [-0.2, -0.15) is 0 Å². The first-order chi connectivity index (χ1) is 24.0. The molecule has 0 aliphatic carbocycles. The Morgan fingerprint density at radius 3 is 1.14 bits per heavy atom. The first-order valence-electron chi connectivity index (χ1n) is 17.6. The van der Waals surface area contributed by atoms with Crippen molar-refractivity contribution in [2.45, 2.75) is 114 Å². The van der Waals surface area contributed by atoms with Gasteiger partial charge < -0.3 is 18.6 Å². The first kappa shape index (κ1) is 44.7. The van der Waals surface area contributed by atoms with Gasteiger partial charge in [0.1, 0.15) is 43.2 Å². The normalized spacial score (nSPS) is 11.2. The van der Waals surface area contributed by atoms with Gasteiger partial charge in [0.05, 0.1) is 9.79 Å². The fourth-order valence-corrected chi connectivity index (χ4v) is 6.73. The molecule has 4 rings (SSSR count). The van der Waals surface area contributed by atoms with E-state index in [1.54, 1.807) is 60.7 Å². The molecule has 0 aromatic heterocycles. The summed E-state index contributed by atoms with van der Waals surface area (Å²) in [5, 5.41) is 0. The third-order valence-corrected chi connectivity index (χ3v) is 9.85. The zero-order valence-electron chi connectivity index (χ0n) is 29.9. The summed E-state index contributed by atoms with van der Waals surface area (Å²) in [6.45, 7) is 4.37. The van der Waals surface area contributed by atoms with Crippen LogP contribution in [0.2, 0.25) is 0 Å². The summed E-state index contributed by atoms with van der Waals surface area (Å²) < 4.78 is 80.8. The van der Waals surface area contributed by atoms with Crippen LogP contribution in [0.1, 0.15) is 102 Å². The summed E-state index contributed by atoms with van der Waals surface area (Å²) >= 11 is 0. The average Bonchev–Trinajstić information content (AvgIpc) is 3.09. The van der Waals surface area contributed by atoms with E-state index in [1.165, 1.54) is 63.5 Å². The number of hydrogen-bond donors (Lipinski definition) is 0. The molecular weight excluding hydrogens is 713 g/mol. The van der Waals surface area contributed by atoms with Gasteiger partial charge in [-0.3, -0.25) is 0 Å². The third kappa shape index (κ3) is 17.3. The summed E-state index contributed by atoms with van der Waals surface area (Å²) in [6, 6.07) is 27.4. The van der Waals surface area contributed by atoms with Crippen LogP contribution in [0.25, 0.3) is 0 Å². The van der Waals surface area contributed by atoms with Gasteiger partial charge >= 0.3 is 37.7 Å². The number of rotatable bonds is 20. The summed E-state index contributed by atoms with van der Waals surface area (Å²) in [5.41, 5.74) is 1.70. The Balaban J connectivity index is 0.000000347. The van der Waals surface area contributed by atoms with Crippen LogP contribution in [-0.4, -0.2) is 63.7 Å². The maximum atomic E-state index is 11.6. The Morgan fingerprint density at radius 2 is 0.804 bits per heavy atom. The molecule has 0 unspecified atom stereocenters. The number of ether oxygens (including phenoxy) is 2. The molecular formula is C40H50CaO8S2. The van der Waals surface area contributed by atoms with Gasteiger partial charge in [0, 0.05) is 0 Å². The third-order valence-electron chi connectivity index (χ3n) is 8.13. The largest absolute Gasteiger partial charge is 2.00 e. The second-order valence-corrected chi connectivity index (χ2v) is 15.0. The van der Waals surface area contributed by atoms with Gasteiger partial charge in [0.25, 0.3) is 0 Å². The van der Waals surface area contributed by atoms with Gasteiger partial charge in [-0.1, -0.05) is 127 Å². The Morgan fingerprint density at radius 1 is 0.471 bits per heavy atom. The maximum Gasteiger partial charge on any atom is 2.00 e. The van der Waals surface area contributed by atoms with E-state index in [4.69, 9.17) is 9.47 Å². The molecule has 8 nitrogen and oxygen atoms in total. The van der Waals surface area contributed by atoms with Crippen molar-refractivity contribution in [1.82, 2.24) is 0 Å². The molecule has 0 spiro atoms. The molecule has 4 aromatic carbocycles. The van der Waals surface area contributed by atoms with Gasteiger partial charge in [-0.05, 0) is 85.3 Å². The Kier molecular flexibility index (Phi) is 21.0. The van der Waals surface area contributed by atoms with E-state index in [1.807, 2.05) is 24.3 Å². The molecule has 0 radical (unpaired) electrons. The molecule has 0 amide bonds. The van der Waals surface area contributed by atoms with Crippen molar-refractivity contribution < 1.29 is 35.4 Å². The number of benzene rings is 4. The van der Waals surface area contributed by atoms with Gasteiger partial charge in [0.15, 0.2) is 0 Å². The molecule has 0 N–H and O–H groups in total. The summed E-state index contributed by atoms with van der Waals surface area (Å²) in [4.78, 5) is -0.584. The van der Waals surface area contributed by atoms with Crippen molar-refractivity contribution in [2.24, 2.45) is 0 Å². The minimum Gasteiger partial charge on any atom is -0.744 e. The quantitative estimate of drug-likeness (QED) is 0.0494. The van der Waals surface area contributed by atoms with Crippen molar-refractivity contribution in [3.8, 4) is 23.0 Å². The fraction of sp³-hybridized carbons (Fsp3) is 0.400. The van der Waals surface area contributed by atoms with E-state index < -0.39 is 20.2 Å². The second-order valence-electron chi connectivity index (χ2n) is 12.3. The van der Waals surface area contributed by atoms with Crippen molar-refractivity contribution in [3.63, 3.8) is 0 Å². The number of para-hydroxylation sites is 2. The van der Waals surface area contributed by atoms with Crippen LogP contribution in [0.3, 0.4) is 0 Å². The van der Waals surface area contributed by atoms with Crippen molar-refractivity contribution in [2.75, 3.05) is 0 Å². The fourth-order valence-electron chi connectivity index (χ4n) is 5.43. The number of aryl methyl sites for hydroxylation is 2. The molecule has 11 heteroatoms. The van der Waals surface area contributed by atoms with Crippen LogP contribution in [0, 0.1) is 0 Å². The van der Waals surface area contributed by atoms with E-state index in [-0.39, 0.29) is 59.0 Å². The van der Waals surface area contributed by atoms with E-state index in [0.717, 1.165) is 49.7 Å². The second kappa shape index (κ2) is 24.0. The minimum absolute atomic E-state index is 0. The SMILES string of the molecule is CCCCCCCCc1ccc(Oc2ccccc2)c(S(=O)(=O)[O-])c1.CCCCCCCCc1ccc(Oc2ccccc2)c(S(=O)(=O)[O-])c1.[Ca+2]. The zero-order valence-corrected chi connectivity index (χ0v) is 33.8. The average molecular weight is 763 g/mol. The Bertz CT molecular complexity index is 1650. The Labute approximate surface area is 335 Å². The number of hydrogen-bond acceptors (Lipinski definition) is 8. The van der Waals surface area contributed by atoms with Crippen LogP contribution >= 0.6 is 0 Å². The van der Waals surface area contributed by atoms with Crippen LogP contribution in [-0.2, 0) is 33.1 Å². The monoisotopic (exact) mass is 762 g/mol. The molecule has 0 fully saturated rings. The molecule has 0 aliphatic rings. The van der Waals surface area contributed by atoms with Crippen molar-refractivity contribution >= 4 is 58.0 Å². The Hall–Kier alpha value is -2.44. The summed E-state index contributed by atoms with van der Waals surface area (Å²) in [6.07, 6.45) is 15.5. The van der Waals surface area contributed by atoms with E-state index in [2.05, 4.69) is 13.8 Å². The molecule has 0 saturated heterocycles. The molecule has 272 valence electrons. The molecule has 4 aromatic rings. The zero-order chi connectivity index (χ0) is 36.2. The van der Waals surface area contributed by atoms with Crippen LogP contribution in [0.5, 0.6) is 23.0 Å². The van der Waals surface area contributed by atoms with E-state index in [0.29, 0.717) is 11.5 Å². The summed E-state index contributed by atoms with van der Waals surface area (Å²) in [7, 11) is -9.19. The van der Waals surface area contributed by atoms with Crippen LogP contribution in [0.4, 0.5) is 0 Å². The van der Waals surface area contributed by atoms with Gasteiger partial charge in [-0.25, -0.2) is 16.8 Å². The molecule has 0 atom stereocenters. The molecule has 0 aliphatic heterocycles. The standard InChI is InChI=1S/2C20H26O4S.Ca/c2*1-2-3-4-5-6-8-11-17-14-15-19(20(16-17)25(21,22)23)24-18-12-9-7-10-13-18;/h2*7,9-10,12-16H,2-6,8,11H2,1H3,(H,21,22,23);/q;;+2/p-2. The van der Waals surface area contributed by atoms with Crippen LogP contribution < -0.4 is 9.47 Å². The van der Waals surface area contributed by atoms with E-state index in [9.17, 15) is 25.9 Å². The molecule has 0 heterocycles. The summed E-state index contributed by atoms with van der Waals surface area (Å²) in [5.74, 6) is 1.15. The minimum atomic E-state index is -4.59. The smallest absolute Gasteiger partial charge is 0.744 e. The van der Waals surface area contributed by atoms with Crippen molar-refractivity contribution in [1.29, 1.82) is 0 Å². The van der Waals surface area contributed by atoms with Crippen LogP contribution in [0.15, 0.2) is 107 Å². The van der Waals surface area contributed by atoms with Gasteiger partial charge in [-0.15, -0.1) is 0 Å². The molecule has 51 heavy (non-hydrogen) atoms. The maximum absolute atomic E-state index is 11.6. The topological polar surface area (TPSA) is 133 Å². The van der Waals surface area contributed by atoms with Crippen molar-refractivity contribution in [3.05, 3.63) is 108 Å². The molecule has 0 bridgehead atoms. The predicted octanol–water partition coefficient (Wildman–Crippen LogP) is 10.2. The van der Waals surface area contributed by atoms with E-state index >= 15 is 0 Å². The predicted molar refractivity (Wildman–Crippen MR) is 202 cm³/mol.